The molecule has 0 heterocycles. The van der Waals surface area contributed by atoms with E-state index in [1.165, 1.54) is 0 Å². The van der Waals surface area contributed by atoms with Crippen molar-refractivity contribution in [1.82, 2.24) is 5.32 Å². The molecule has 0 fully saturated rings. The molecule has 2 N–H and O–H groups in total. The number of nitrogens with one attached hydrogen (secondary N) is 1. The van der Waals surface area contributed by atoms with Gasteiger partial charge in [0, 0.05) is 13.0 Å². The van der Waals surface area contributed by atoms with Crippen molar-refractivity contribution in [3.05, 3.63) is 29.8 Å². The maximum atomic E-state index is 12.0. The molecule has 0 aromatic heterocycles. The van der Waals surface area contributed by atoms with Crippen molar-refractivity contribution >= 4 is 5.91 Å². The molecule has 4 nitrogen and oxygen atoms in total. The van der Waals surface area contributed by atoms with Crippen LogP contribution in [0.4, 0.5) is 0 Å². The van der Waals surface area contributed by atoms with Crippen molar-refractivity contribution < 1.29 is 14.6 Å². The van der Waals surface area contributed by atoms with E-state index in [4.69, 9.17) is 4.74 Å². The number of rotatable bonds is 7. The molecule has 118 valence electrons. The van der Waals surface area contributed by atoms with Crippen molar-refractivity contribution in [2.75, 3.05) is 13.7 Å². The lowest BCUT2D eigenvalue weighted by molar-refractivity contribution is -0.123. The minimum Gasteiger partial charge on any atom is -0.496 e. The summed E-state index contributed by atoms with van der Waals surface area (Å²) in [5.41, 5.74) is 0.134. The van der Waals surface area contributed by atoms with Crippen LogP contribution < -0.4 is 10.1 Å². The van der Waals surface area contributed by atoms with Crippen molar-refractivity contribution in [3.8, 4) is 5.75 Å². The predicted molar refractivity (Wildman–Crippen MR) is 84.5 cm³/mol. The molecule has 2 atom stereocenters. The van der Waals surface area contributed by atoms with E-state index in [0.29, 0.717) is 6.42 Å². The van der Waals surface area contributed by atoms with Gasteiger partial charge in [-0.25, -0.2) is 0 Å². The van der Waals surface area contributed by atoms with Gasteiger partial charge in [-0.3, -0.25) is 4.79 Å². The van der Waals surface area contributed by atoms with Gasteiger partial charge in [0.15, 0.2) is 0 Å². The third-order valence-corrected chi connectivity index (χ3v) is 4.05. The summed E-state index contributed by atoms with van der Waals surface area (Å²) in [6, 6.07) is 7.72. The van der Waals surface area contributed by atoms with Gasteiger partial charge in [0.1, 0.15) is 5.75 Å². The normalized spacial score (nSPS) is 15.4. The minimum absolute atomic E-state index is 0.0603. The number of hydrogen-bond donors (Lipinski definition) is 2. The molecule has 1 rings (SSSR count). The first-order valence-corrected chi connectivity index (χ1v) is 7.40. The Bertz CT molecular complexity index is 469. The van der Waals surface area contributed by atoms with Crippen LogP contribution in [-0.4, -0.2) is 30.3 Å². The van der Waals surface area contributed by atoms with Gasteiger partial charge in [-0.2, -0.15) is 0 Å². The zero-order valence-corrected chi connectivity index (χ0v) is 13.6. The fourth-order valence-electron chi connectivity index (χ4n) is 2.02. The molecule has 1 amide bonds. The van der Waals surface area contributed by atoms with Crippen LogP contribution in [0.2, 0.25) is 0 Å². The summed E-state index contributed by atoms with van der Waals surface area (Å²) in [5.74, 6) is 0.885. The molecule has 1 aromatic carbocycles. The van der Waals surface area contributed by atoms with Crippen LogP contribution >= 0.6 is 0 Å². The van der Waals surface area contributed by atoms with Crippen LogP contribution in [-0.2, 0) is 4.79 Å². The van der Waals surface area contributed by atoms with E-state index >= 15 is 0 Å². The number of ether oxygens (including phenoxy) is 1. The summed E-state index contributed by atoms with van der Waals surface area (Å²) in [4.78, 5) is 12.0. The molecule has 0 saturated heterocycles. The molecule has 21 heavy (non-hydrogen) atoms. The SMILES string of the molecule is COc1ccccc1C(C)CC(=O)NCC(C)(O)C(C)C. The second-order valence-electron chi connectivity index (χ2n) is 6.14. The highest BCUT2D eigenvalue weighted by molar-refractivity contribution is 5.77. The molecule has 0 aliphatic rings. The Morgan fingerprint density at radius 1 is 1.33 bits per heavy atom. The summed E-state index contributed by atoms with van der Waals surface area (Å²) < 4.78 is 5.32. The lowest BCUT2D eigenvalue weighted by atomic mass is 9.92. The minimum atomic E-state index is -0.886. The van der Waals surface area contributed by atoms with Crippen LogP contribution in [0.5, 0.6) is 5.75 Å². The zero-order valence-electron chi connectivity index (χ0n) is 13.6. The van der Waals surface area contributed by atoms with Crippen molar-refractivity contribution in [2.45, 2.75) is 45.6 Å². The van der Waals surface area contributed by atoms with Crippen LogP contribution in [0.3, 0.4) is 0 Å². The van der Waals surface area contributed by atoms with E-state index in [0.717, 1.165) is 11.3 Å². The smallest absolute Gasteiger partial charge is 0.220 e. The molecule has 0 saturated carbocycles. The van der Waals surface area contributed by atoms with E-state index in [9.17, 15) is 9.90 Å². The molecule has 0 aliphatic carbocycles. The Balaban J connectivity index is 2.59. The van der Waals surface area contributed by atoms with E-state index in [-0.39, 0.29) is 24.3 Å². The van der Waals surface area contributed by atoms with Crippen LogP contribution in [0.1, 0.15) is 45.6 Å². The lowest BCUT2D eigenvalue weighted by Crippen LogP contribution is -2.44. The second kappa shape index (κ2) is 7.46. The van der Waals surface area contributed by atoms with Crippen molar-refractivity contribution in [3.63, 3.8) is 0 Å². The van der Waals surface area contributed by atoms with Crippen molar-refractivity contribution in [1.29, 1.82) is 0 Å². The van der Waals surface area contributed by atoms with Gasteiger partial charge in [-0.05, 0) is 30.4 Å². The number of benzene rings is 1. The van der Waals surface area contributed by atoms with Gasteiger partial charge in [0.25, 0.3) is 0 Å². The first-order valence-electron chi connectivity index (χ1n) is 7.40. The first-order chi connectivity index (χ1) is 9.77. The van der Waals surface area contributed by atoms with E-state index in [2.05, 4.69) is 5.32 Å². The summed E-state index contributed by atoms with van der Waals surface area (Å²) in [6.45, 7) is 7.87. The number of amides is 1. The summed E-state index contributed by atoms with van der Waals surface area (Å²) in [6.07, 6.45) is 0.370. The summed E-state index contributed by atoms with van der Waals surface area (Å²) in [5, 5.41) is 13.0. The fourth-order valence-corrected chi connectivity index (χ4v) is 2.02. The Labute approximate surface area is 127 Å². The highest BCUT2D eigenvalue weighted by Crippen LogP contribution is 2.28. The Morgan fingerprint density at radius 2 is 1.95 bits per heavy atom. The quantitative estimate of drug-likeness (QED) is 0.812. The Hall–Kier alpha value is -1.55. The average Bonchev–Trinajstić information content (AvgIpc) is 2.45. The molecule has 1 aromatic rings. The monoisotopic (exact) mass is 293 g/mol. The van der Waals surface area contributed by atoms with Gasteiger partial charge >= 0.3 is 0 Å². The third kappa shape index (κ3) is 5.05. The second-order valence-corrected chi connectivity index (χ2v) is 6.14. The molecule has 0 bridgehead atoms. The van der Waals surface area contributed by atoms with E-state index < -0.39 is 5.60 Å². The van der Waals surface area contributed by atoms with Crippen LogP contribution in [0, 0.1) is 5.92 Å². The Kier molecular flexibility index (Phi) is 6.21. The third-order valence-electron chi connectivity index (χ3n) is 4.05. The summed E-state index contributed by atoms with van der Waals surface area (Å²) in [7, 11) is 1.63. The van der Waals surface area contributed by atoms with Gasteiger partial charge in [-0.15, -0.1) is 0 Å². The number of para-hydroxylation sites is 1. The average molecular weight is 293 g/mol. The molecular formula is C17H27NO3. The van der Waals surface area contributed by atoms with Crippen molar-refractivity contribution in [2.24, 2.45) is 5.92 Å². The molecule has 0 spiro atoms. The standard InChI is InChI=1S/C17H27NO3/c1-12(2)17(4,20)11-18-16(19)10-13(3)14-8-6-7-9-15(14)21-5/h6-9,12-13,20H,10-11H2,1-5H3,(H,18,19). The lowest BCUT2D eigenvalue weighted by Gasteiger charge is -2.28. The zero-order chi connectivity index (χ0) is 16.0. The number of hydrogen-bond acceptors (Lipinski definition) is 3. The summed E-state index contributed by atoms with van der Waals surface area (Å²) >= 11 is 0. The maximum absolute atomic E-state index is 12.0. The van der Waals surface area contributed by atoms with Gasteiger partial charge in [0.2, 0.25) is 5.91 Å². The topological polar surface area (TPSA) is 58.6 Å². The van der Waals surface area contributed by atoms with Gasteiger partial charge in [-0.1, -0.05) is 39.0 Å². The van der Waals surface area contributed by atoms with E-state index in [1.807, 2.05) is 45.0 Å². The number of methoxy groups -OCH3 is 1. The molecular weight excluding hydrogens is 266 g/mol. The largest absolute Gasteiger partial charge is 0.496 e. The van der Waals surface area contributed by atoms with Gasteiger partial charge in [0.05, 0.1) is 12.7 Å². The van der Waals surface area contributed by atoms with Crippen LogP contribution in [0.25, 0.3) is 0 Å². The first kappa shape index (κ1) is 17.5. The highest BCUT2D eigenvalue weighted by atomic mass is 16.5. The predicted octanol–water partition coefficient (Wildman–Crippen LogP) is 2.71. The fraction of sp³-hybridized carbons (Fsp3) is 0.588. The molecule has 4 heteroatoms. The molecule has 2 unspecified atom stereocenters. The van der Waals surface area contributed by atoms with Gasteiger partial charge < -0.3 is 15.2 Å². The van der Waals surface area contributed by atoms with Crippen LogP contribution in [0.15, 0.2) is 24.3 Å². The molecule has 0 aliphatic heterocycles. The maximum Gasteiger partial charge on any atom is 0.220 e. The number of carbonyl (C=O) groups excluding carboxylic acids is 1. The highest BCUT2D eigenvalue weighted by Gasteiger charge is 2.25. The molecule has 0 radical (unpaired) electrons. The number of carbonyl (C=O) groups is 1. The van der Waals surface area contributed by atoms with E-state index in [1.54, 1.807) is 14.0 Å². The number of aliphatic hydroxyl groups is 1. The Morgan fingerprint density at radius 3 is 2.52 bits per heavy atom.